The lowest BCUT2D eigenvalue weighted by Crippen LogP contribution is -2.50. The highest BCUT2D eigenvalue weighted by Crippen LogP contribution is 2.51. The van der Waals surface area contributed by atoms with Gasteiger partial charge >= 0.3 is 6.18 Å². The van der Waals surface area contributed by atoms with Crippen molar-refractivity contribution < 1.29 is 22.6 Å². The lowest BCUT2D eigenvalue weighted by Gasteiger charge is -2.33. The maximum Gasteiger partial charge on any atom is 0.430 e. The molecular weight excluding hydrogens is 331 g/mol. The molecule has 0 spiro atoms. The van der Waals surface area contributed by atoms with Gasteiger partial charge < -0.3 is 9.47 Å². The molecule has 0 aliphatic carbocycles. The molecule has 1 heterocycles. The van der Waals surface area contributed by atoms with E-state index in [0.29, 0.717) is 5.56 Å². The summed E-state index contributed by atoms with van der Waals surface area (Å²) in [6, 6.07) is 16.1. The van der Waals surface area contributed by atoms with Gasteiger partial charge in [-0.25, -0.2) is 4.99 Å². The van der Waals surface area contributed by atoms with Gasteiger partial charge in [-0.1, -0.05) is 60.7 Å². The Hall–Kier alpha value is -2.34. The lowest BCUT2D eigenvalue weighted by molar-refractivity contribution is -0.264. The number of hydrogen-bond acceptors (Lipinski definition) is 3. The van der Waals surface area contributed by atoms with E-state index in [-0.39, 0.29) is 5.56 Å². The van der Waals surface area contributed by atoms with Crippen molar-refractivity contribution in [2.24, 2.45) is 4.99 Å². The highest BCUT2D eigenvalue weighted by atomic mass is 19.4. The Labute approximate surface area is 144 Å². The van der Waals surface area contributed by atoms with Crippen molar-refractivity contribution in [3.05, 3.63) is 71.8 Å². The van der Waals surface area contributed by atoms with E-state index in [2.05, 4.69) is 4.99 Å². The number of nitrogens with zero attached hydrogens (tertiary/aromatic N) is 1. The minimum absolute atomic E-state index is 0.0552. The molecular formula is C19H18F3NO2. The molecule has 2 atom stereocenters. The molecule has 2 aromatic carbocycles. The third kappa shape index (κ3) is 3.14. The number of benzene rings is 2. The van der Waals surface area contributed by atoms with E-state index in [9.17, 15) is 13.2 Å². The third-order valence-electron chi connectivity index (χ3n) is 3.84. The number of halogens is 3. The maximum absolute atomic E-state index is 14.2. The second-order valence-corrected chi connectivity index (χ2v) is 6.03. The third-order valence-corrected chi connectivity index (χ3v) is 3.84. The van der Waals surface area contributed by atoms with E-state index >= 15 is 0 Å². The Morgan fingerprint density at radius 1 is 1.00 bits per heavy atom. The standard InChI is InChI=1S/C19H18F3NO2/c1-13(2)24-17-18(19(20,21)22,15-11-7-4-8-12-15)25-16(23-17)14-9-5-3-6-10-14/h3-13,16H,1-2H3. The van der Waals surface area contributed by atoms with Crippen molar-refractivity contribution in [2.75, 3.05) is 0 Å². The zero-order chi connectivity index (χ0) is 18.1. The van der Waals surface area contributed by atoms with Gasteiger partial charge in [-0.2, -0.15) is 13.2 Å². The molecule has 0 saturated carbocycles. The van der Waals surface area contributed by atoms with Crippen LogP contribution in [0.1, 0.15) is 31.2 Å². The fraction of sp³-hybridized carbons (Fsp3) is 0.316. The fourth-order valence-corrected chi connectivity index (χ4v) is 2.75. The first kappa shape index (κ1) is 17.5. The topological polar surface area (TPSA) is 30.8 Å². The van der Waals surface area contributed by atoms with Crippen LogP contribution in [0.2, 0.25) is 0 Å². The molecule has 0 aromatic heterocycles. The van der Waals surface area contributed by atoms with Gasteiger partial charge in [0.1, 0.15) is 0 Å². The molecule has 6 heteroatoms. The van der Waals surface area contributed by atoms with E-state index in [1.807, 2.05) is 0 Å². The van der Waals surface area contributed by atoms with Crippen LogP contribution in [0.5, 0.6) is 0 Å². The highest BCUT2D eigenvalue weighted by molar-refractivity contribution is 5.89. The first-order valence-corrected chi connectivity index (χ1v) is 7.94. The normalized spacial score (nSPS) is 23.6. The average molecular weight is 349 g/mol. The molecule has 0 N–H and O–H groups in total. The van der Waals surface area contributed by atoms with Crippen molar-refractivity contribution in [1.82, 2.24) is 0 Å². The monoisotopic (exact) mass is 349 g/mol. The second-order valence-electron chi connectivity index (χ2n) is 6.03. The molecule has 0 fully saturated rings. The summed E-state index contributed by atoms with van der Waals surface area (Å²) in [6.07, 6.45) is -6.29. The maximum atomic E-state index is 14.2. The van der Waals surface area contributed by atoms with Crippen LogP contribution in [-0.2, 0) is 15.1 Å². The van der Waals surface area contributed by atoms with Crippen molar-refractivity contribution >= 4 is 5.90 Å². The molecule has 3 rings (SSSR count). The van der Waals surface area contributed by atoms with E-state index < -0.39 is 30.0 Å². The Bertz CT molecular complexity index is 744. The molecule has 1 aliphatic heterocycles. The summed E-state index contributed by atoms with van der Waals surface area (Å²) in [5.41, 5.74) is -2.24. The molecule has 0 saturated heterocycles. The zero-order valence-corrected chi connectivity index (χ0v) is 13.8. The number of ether oxygens (including phenoxy) is 2. The summed E-state index contributed by atoms with van der Waals surface area (Å²) in [7, 11) is 0. The van der Waals surface area contributed by atoms with Gasteiger partial charge in [-0.3, -0.25) is 0 Å². The van der Waals surface area contributed by atoms with Crippen LogP contribution in [0.25, 0.3) is 0 Å². The number of alkyl halides is 3. The fourth-order valence-electron chi connectivity index (χ4n) is 2.75. The van der Waals surface area contributed by atoms with Crippen LogP contribution in [0.3, 0.4) is 0 Å². The summed E-state index contributed by atoms with van der Waals surface area (Å²) < 4.78 is 53.6. The van der Waals surface area contributed by atoms with Gasteiger partial charge in [0.25, 0.3) is 5.60 Å². The largest absolute Gasteiger partial charge is 0.476 e. The van der Waals surface area contributed by atoms with Crippen LogP contribution in [0, 0.1) is 0 Å². The van der Waals surface area contributed by atoms with Crippen molar-refractivity contribution in [1.29, 1.82) is 0 Å². The van der Waals surface area contributed by atoms with E-state index in [1.165, 1.54) is 24.3 Å². The highest BCUT2D eigenvalue weighted by Gasteiger charge is 2.66. The first-order valence-electron chi connectivity index (χ1n) is 7.94. The Kier molecular flexibility index (Phi) is 4.56. The van der Waals surface area contributed by atoms with Crippen LogP contribution in [-0.4, -0.2) is 18.2 Å². The minimum atomic E-state index is -4.73. The number of aliphatic imine (C=N–C) groups is 1. The Morgan fingerprint density at radius 3 is 2.08 bits per heavy atom. The van der Waals surface area contributed by atoms with Gasteiger partial charge in [-0.15, -0.1) is 0 Å². The van der Waals surface area contributed by atoms with Gasteiger partial charge in [0.15, 0.2) is 6.23 Å². The zero-order valence-electron chi connectivity index (χ0n) is 13.8. The molecule has 25 heavy (non-hydrogen) atoms. The van der Waals surface area contributed by atoms with Crippen LogP contribution in [0.4, 0.5) is 13.2 Å². The summed E-state index contributed by atoms with van der Waals surface area (Å²) >= 11 is 0. The number of rotatable bonds is 3. The molecule has 2 unspecified atom stereocenters. The number of hydrogen-bond donors (Lipinski definition) is 0. The van der Waals surface area contributed by atoms with Crippen LogP contribution in [0.15, 0.2) is 65.7 Å². The van der Waals surface area contributed by atoms with Crippen LogP contribution < -0.4 is 0 Å². The molecule has 3 nitrogen and oxygen atoms in total. The van der Waals surface area contributed by atoms with Gasteiger partial charge in [0.2, 0.25) is 5.90 Å². The quantitative estimate of drug-likeness (QED) is 0.781. The Balaban J connectivity index is 2.14. The minimum Gasteiger partial charge on any atom is -0.476 e. The van der Waals surface area contributed by atoms with E-state index in [1.54, 1.807) is 50.2 Å². The molecule has 0 amide bonds. The van der Waals surface area contributed by atoms with Gasteiger partial charge in [-0.05, 0) is 13.8 Å². The predicted octanol–water partition coefficient (Wildman–Crippen LogP) is 5.00. The van der Waals surface area contributed by atoms with Crippen molar-refractivity contribution in [3.63, 3.8) is 0 Å². The predicted molar refractivity (Wildman–Crippen MR) is 88.1 cm³/mol. The van der Waals surface area contributed by atoms with E-state index in [0.717, 1.165) is 0 Å². The van der Waals surface area contributed by atoms with Gasteiger partial charge in [0, 0.05) is 11.1 Å². The molecule has 0 radical (unpaired) electrons. The molecule has 1 aliphatic rings. The second kappa shape index (κ2) is 6.52. The summed E-state index contributed by atoms with van der Waals surface area (Å²) in [4.78, 5) is 4.15. The van der Waals surface area contributed by atoms with Crippen molar-refractivity contribution in [2.45, 2.75) is 38.0 Å². The first-order chi connectivity index (χ1) is 11.8. The summed E-state index contributed by atoms with van der Waals surface area (Å²) in [6.45, 7) is 3.31. The van der Waals surface area contributed by atoms with Gasteiger partial charge in [0.05, 0.1) is 6.10 Å². The van der Waals surface area contributed by atoms with E-state index in [4.69, 9.17) is 9.47 Å². The van der Waals surface area contributed by atoms with Crippen LogP contribution >= 0.6 is 0 Å². The lowest BCUT2D eigenvalue weighted by atomic mass is 9.92. The molecule has 132 valence electrons. The van der Waals surface area contributed by atoms with Crippen molar-refractivity contribution in [3.8, 4) is 0 Å². The summed E-state index contributed by atoms with van der Waals surface area (Å²) in [5, 5.41) is 0. The smallest absolute Gasteiger partial charge is 0.430 e. The Morgan fingerprint density at radius 2 is 1.56 bits per heavy atom. The molecule has 0 bridgehead atoms. The SMILES string of the molecule is CC(C)OC1=NC(c2ccccc2)OC1(c1ccccc1)C(F)(F)F. The summed E-state index contributed by atoms with van der Waals surface area (Å²) in [5.74, 6) is -0.463. The average Bonchev–Trinajstić information content (AvgIpc) is 2.96. The molecule has 2 aromatic rings.